The molecule has 0 aromatic rings. The summed E-state index contributed by atoms with van der Waals surface area (Å²) in [4.78, 5) is 39.8. The number of allylic oxidation sites excluding steroid dienone is 2. The van der Waals surface area contributed by atoms with E-state index in [9.17, 15) is 29.7 Å². The number of carbonyl (C=O) groups is 3. The molecule has 0 saturated heterocycles. The van der Waals surface area contributed by atoms with Crippen LogP contribution in [0.5, 0.6) is 0 Å². The number of hydrogen-bond acceptors (Lipinski definition) is 6. The smallest absolute Gasteiger partial charge is 0.189 e. The summed E-state index contributed by atoms with van der Waals surface area (Å²) in [5.74, 6) is -2.14. The fraction of sp³-hybridized carbons (Fsp3) is 0.898. The van der Waals surface area contributed by atoms with Crippen molar-refractivity contribution in [2.75, 3.05) is 0 Å². The van der Waals surface area contributed by atoms with E-state index in [4.69, 9.17) is 0 Å². The number of Topliss-reactive ketones (excluding diaryl/α,β-unsaturated/α-hetero) is 3. The molecular formula is C49H92O6. The first-order valence-corrected chi connectivity index (χ1v) is 24.1. The molecule has 0 saturated carbocycles. The summed E-state index contributed by atoms with van der Waals surface area (Å²) in [5.41, 5.74) is -2.80. The first-order chi connectivity index (χ1) is 26.8. The highest BCUT2D eigenvalue weighted by molar-refractivity contribution is 6.01. The number of aliphatic hydroxyl groups is 3. The molecule has 6 heteroatoms. The first kappa shape index (κ1) is 53.6. The number of aliphatic hydroxyl groups excluding tert-OH is 2. The average Bonchev–Trinajstić information content (AvgIpc) is 3.19. The topological polar surface area (TPSA) is 112 Å². The Balaban J connectivity index is 4.80. The Morgan fingerprint density at radius 1 is 0.382 bits per heavy atom. The maximum Gasteiger partial charge on any atom is 0.189 e. The molecule has 0 radical (unpaired) electrons. The van der Waals surface area contributed by atoms with Crippen molar-refractivity contribution in [3.05, 3.63) is 12.2 Å². The van der Waals surface area contributed by atoms with E-state index in [1.54, 1.807) is 0 Å². The van der Waals surface area contributed by atoms with Crippen LogP contribution in [0.1, 0.15) is 265 Å². The molecule has 6 nitrogen and oxygen atoms in total. The number of rotatable bonds is 44. The van der Waals surface area contributed by atoms with E-state index in [0.29, 0.717) is 19.3 Å². The van der Waals surface area contributed by atoms with Crippen molar-refractivity contribution in [2.24, 2.45) is 0 Å². The molecule has 0 aliphatic carbocycles. The van der Waals surface area contributed by atoms with E-state index in [1.165, 1.54) is 128 Å². The fourth-order valence-electron chi connectivity index (χ4n) is 7.70. The predicted molar refractivity (Wildman–Crippen MR) is 234 cm³/mol. The third-order valence-electron chi connectivity index (χ3n) is 11.6. The van der Waals surface area contributed by atoms with Crippen LogP contribution in [0, 0.1) is 0 Å². The molecule has 3 N–H and O–H groups in total. The van der Waals surface area contributed by atoms with Crippen LogP contribution in [0.25, 0.3) is 0 Å². The summed E-state index contributed by atoms with van der Waals surface area (Å²) in [7, 11) is 0. The molecule has 3 atom stereocenters. The lowest BCUT2D eigenvalue weighted by atomic mass is 9.78. The van der Waals surface area contributed by atoms with Crippen molar-refractivity contribution in [3.63, 3.8) is 0 Å². The van der Waals surface area contributed by atoms with E-state index in [1.807, 2.05) is 0 Å². The van der Waals surface area contributed by atoms with Gasteiger partial charge in [0.15, 0.2) is 35.2 Å². The summed E-state index contributed by atoms with van der Waals surface area (Å²) in [6.07, 6.45) is 39.5. The molecule has 3 unspecified atom stereocenters. The average molecular weight is 777 g/mol. The van der Waals surface area contributed by atoms with Crippen LogP contribution in [-0.2, 0) is 14.4 Å². The zero-order valence-corrected chi connectivity index (χ0v) is 36.7. The maximum absolute atomic E-state index is 13.5. The molecule has 0 aliphatic rings. The van der Waals surface area contributed by atoms with Crippen molar-refractivity contribution in [2.45, 2.75) is 283 Å². The molecule has 0 aromatic carbocycles. The second-order valence-electron chi connectivity index (χ2n) is 16.9. The van der Waals surface area contributed by atoms with Gasteiger partial charge < -0.3 is 15.3 Å². The van der Waals surface area contributed by atoms with E-state index >= 15 is 0 Å². The lowest BCUT2D eigenvalue weighted by molar-refractivity contribution is -0.181. The van der Waals surface area contributed by atoms with Gasteiger partial charge in [0.1, 0.15) is 0 Å². The summed E-state index contributed by atoms with van der Waals surface area (Å²) in [6.45, 7) is 6.69. The van der Waals surface area contributed by atoms with Gasteiger partial charge in [0.05, 0.1) is 0 Å². The van der Waals surface area contributed by atoms with Crippen molar-refractivity contribution >= 4 is 17.3 Å². The van der Waals surface area contributed by atoms with Gasteiger partial charge in [-0.05, 0) is 44.9 Å². The molecule has 0 spiro atoms. The molecule has 55 heavy (non-hydrogen) atoms. The van der Waals surface area contributed by atoms with Crippen LogP contribution in [0.4, 0.5) is 0 Å². The van der Waals surface area contributed by atoms with Gasteiger partial charge in [0.25, 0.3) is 0 Å². The lowest BCUT2D eigenvalue weighted by Crippen LogP contribution is -2.63. The normalized spacial score (nSPS) is 14.0. The van der Waals surface area contributed by atoms with E-state index < -0.39 is 35.2 Å². The third kappa shape index (κ3) is 29.5. The molecule has 0 bridgehead atoms. The maximum atomic E-state index is 13.5. The van der Waals surface area contributed by atoms with E-state index in [2.05, 4.69) is 32.9 Å². The predicted octanol–water partition coefficient (Wildman–Crippen LogP) is 13.6. The van der Waals surface area contributed by atoms with E-state index in [0.717, 1.165) is 77.0 Å². The van der Waals surface area contributed by atoms with Gasteiger partial charge in [-0.1, -0.05) is 213 Å². The van der Waals surface area contributed by atoms with E-state index in [-0.39, 0.29) is 19.3 Å². The number of ketones is 3. The molecule has 0 aromatic heterocycles. The Morgan fingerprint density at radius 2 is 0.618 bits per heavy atom. The number of carbonyl (C=O) groups excluding carboxylic acids is 3. The second-order valence-corrected chi connectivity index (χ2v) is 16.9. The minimum atomic E-state index is -2.80. The van der Waals surface area contributed by atoms with Crippen LogP contribution in [0.15, 0.2) is 12.2 Å². The first-order valence-electron chi connectivity index (χ1n) is 24.1. The van der Waals surface area contributed by atoms with Crippen LogP contribution in [0.3, 0.4) is 0 Å². The molecule has 0 rings (SSSR count). The molecule has 0 aliphatic heterocycles. The van der Waals surface area contributed by atoms with Crippen molar-refractivity contribution in [1.82, 2.24) is 0 Å². The summed E-state index contributed by atoms with van der Waals surface area (Å²) >= 11 is 0. The molecule has 0 heterocycles. The highest BCUT2D eigenvalue weighted by atomic mass is 16.4. The van der Waals surface area contributed by atoms with Crippen molar-refractivity contribution < 1.29 is 29.7 Å². The van der Waals surface area contributed by atoms with Crippen LogP contribution in [-0.4, -0.2) is 50.5 Å². The van der Waals surface area contributed by atoms with Crippen molar-refractivity contribution in [3.8, 4) is 0 Å². The van der Waals surface area contributed by atoms with Crippen LogP contribution < -0.4 is 0 Å². The largest absolute Gasteiger partial charge is 0.382 e. The Kier molecular flexibility index (Phi) is 38.5. The molecule has 0 fully saturated rings. The minimum absolute atomic E-state index is 0.0137. The Hall–Kier alpha value is -1.37. The standard InChI is InChI=1S/C49H92O6/c1-4-7-10-13-16-19-21-23-24-26-28-31-34-37-40-43-46(52)49(55,47(53)44(50)41-38-35-32-29-18-15-12-9-6-3)48(54)45(51)42-39-36-33-30-27-25-22-20-17-14-11-8-5-2/h23-24,47-48,53-55H,4-22,25-43H2,1-3H3. The number of unbranched alkanes of at least 4 members (excludes halogenated alkanes) is 31. The Labute approximate surface area is 340 Å². The SMILES string of the molecule is CCCCCCCCC=CCCCCCCCC(=O)C(O)(C(O)C(=O)CCCCCCCCCCC)C(O)C(=O)CCCCCCCCCCCCCCC. The molecule has 324 valence electrons. The highest BCUT2D eigenvalue weighted by Gasteiger charge is 2.53. The lowest BCUT2D eigenvalue weighted by Gasteiger charge is -2.34. The number of hydrogen-bond donors (Lipinski definition) is 3. The van der Waals surface area contributed by atoms with Crippen LogP contribution >= 0.6 is 0 Å². The summed E-state index contributed by atoms with van der Waals surface area (Å²) in [5, 5.41) is 33.9. The monoisotopic (exact) mass is 777 g/mol. The van der Waals surface area contributed by atoms with Gasteiger partial charge in [0, 0.05) is 19.3 Å². The summed E-state index contributed by atoms with van der Waals surface area (Å²) in [6, 6.07) is 0. The fourth-order valence-corrected chi connectivity index (χ4v) is 7.70. The molecule has 0 amide bonds. The van der Waals surface area contributed by atoms with Gasteiger partial charge in [0.2, 0.25) is 0 Å². The van der Waals surface area contributed by atoms with Gasteiger partial charge in [-0.2, -0.15) is 0 Å². The van der Waals surface area contributed by atoms with Crippen LogP contribution in [0.2, 0.25) is 0 Å². The minimum Gasteiger partial charge on any atom is -0.382 e. The van der Waals surface area contributed by atoms with Gasteiger partial charge in [-0.25, -0.2) is 0 Å². The zero-order chi connectivity index (χ0) is 40.7. The molecular weight excluding hydrogens is 685 g/mol. The highest BCUT2D eigenvalue weighted by Crippen LogP contribution is 2.26. The second kappa shape index (κ2) is 39.5. The van der Waals surface area contributed by atoms with Crippen molar-refractivity contribution in [1.29, 1.82) is 0 Å². The van der Waals surface area contributed by atoms with Gasteiger partial charge in [-0.3, -0.25) is 14.4 Å². The Bertz CT molecular complexity index is 915. The summed E-state index contributed by atoms with van der Waals surface area (Å²) < 4.78 is 0. The van der Waals surface area contributed by atoms with Gasteiger partial charge >= 0.3 is 0 Å². The quantitative estimate of drug-likeness (QED) is 0.0420. The Morgan fingerprint density at radius 3 is 0.909 bits per heavy atom. The zero-order valence-electron chi connectivity index (χ0n) is 36.7. The third-order valence-corrected chi connectivity index (χ3v) is 11.6. The van der Waals surface area contributed by atoms with Gasteiger partial charge in [-0.15, -0.1) is 0 Å².